The van der Waals surface area contributed by atoms with Crippen molar-refractivity contribution in [2.75, 3.05) is 19.8 Å². The van der Waals surface area contributed by atoms with Crippen LogP contribution in [-0.4, -0.2) is 30.4 Å². The van der Waals surface area contributed by atoms with Gasteiger partial charge in [0.1, 0.15) is 5.78 Å². The van der Waals surface area contributed by atoms with Crippen LogP contribution >= 0.6 is 7.60 Å². The lowest BCUT2D eigenvalue weighted by Gasteiger charge is -2.30. The maximum absolute atomic E-state index is 13.1. The molecule has 0 N–H and O–H groups in total. The molecule has 1 saturated heterocycles. The number of rotatable bonds is 8. The van der Waals surface area contributed by atoms with Gasteiger partial charge in [-0.3, -0.25) is 9.46 Å². The summed E-state index contributed by atoms with van der Waals surface area (Å²) in [6.45, 7) is 10.7. The Morgan fingerprint density at radius 1 is 1.17 bits per heavy atom. The largest absolute Gasteiger partial charge is 0.347 e. The van der Waals surface area contributed by atoms with Gasteiger partial charge in [-0.2, -0.15) is 0 Å². The normalized spacial score (nSPS) is 19.6. The van der Waals surface area contributed by atoms with E-state index in [1.165, 1.54) is 11.1 Å². The third kappa shape index (κ3) is 4.67. The van der Waals surface area contributed by atoms with Gasteiger partial charge >= 0.3 is 7.60 Å². The quantitative estimate of drug-likeness (QED) is 0.625. The molecule has 1 heterocycles. The van der Waals surface area contributed by atoms with Crippen molar-refractivity contribution in [2.45, 2.75) is 58.8 Å². The molecular weight excluding hydrogens is 309 g/mol. The summed E-state index contributed by atoms with van der Waals surface area (Å²) >= 11 is 0. The predicted molar refractivity (Wildman–Crippen MR) is 94.8 cm³/mol. The molecule has 1 aliphatic heterocycles. The molecule has 1 fully saturated rings. The van der Waals surface area contributed by atoms with Gasteiger partial charge in [0, 0.05) is 6.54 Å². The van der Waals surface area contributed by atoms with E-state index in [4.69, 9.17) is 9.05 Å². The van der Waals surface area contributed by atoms with Gasteiger partial charge in [0.25, 0.3) is 0 Å². The minimum Gasteiger partial charge on any atom is -0.308 e. The molecule has 1 aliphatic rings. The SMILES string of the molecule is CCOP(=O)(OCC)C1CCCN1Cc1ccc(C(C)C)cc1. The topological polar surface area (TPSA) is 38.8 Å². The molecule has 1 atom stereocenters. The summed E-state index contributed by atoms with van der Waals surface area (Å²) < 4.78 is 24.2. The first-order chi connectivity index (χ1) is 11.0. The van der Waals surface area contributed by atoms with Gasteiger partial charge in [-0.25, -0.2) is 0 Å². The van der Waals surface area contributed by atoms with Gasteiger partial charge in [0.15, 0.2) is 0 Å². The van der Waals surface area contributed by atoms with Gasteiger partial charge in [-0.1, -0.05) is 38.1 Å². The first kappa shape index (κ1) is 18.7. The van der Waals surface area contributed by atoms with E-state index in [1.54, 1.807) is 0 Å². The third-order valence-electron chi connectivity index (χ3n) is 4.34. The Morgan fingerprint density at radius 2 is 1.78 bits per heavy atom. The number of likely N-dealkylation sites (tertiary alicyclic amines) is 1. The molecule has 1 aromatic carbocycles. The van der Waals surface area contributed by atoms with Crippen molar-refractivity contribution >= 4 is 7.60 Å². The maximum atomic E-state index is 13.1. The highest BCUT2D eigenvalue weighted by atomic mass is 31.2. The van der Waals surface area contributed by atoms with Crippen molar-refractivity contribution in [1.82, 2.24) is 4.90 Å². The Balaban J connectivity index is 2.10. The van der Waals surface area contributed by atoms with Crippen LogP contribution in [0.2, 0.25) is 0 Å². The second-order valence-corrected chi connectivity index (χ2v) is 8.56. The molecule has 0 spiro atoms. The summed E-state index contributed by atoms with van der Waals surface area (Å²) in [5.41, 5.74) is 2.60. The van der Waals surface area contributed by atoms with E-state index in [-0.39, 0.29) is 5.78 Å². The van der Waals surface area contributed by atoms with Crippen LogP contribution in [0.15, 0.2) is 24.3 Å². The van der Waals surface area contributed by atoms with Gasteiger partial charge in [-0.15, -0.1) is 0 Å². The van der Waals surface area contributed by atoms with Crippen LogP contribution in [-0.2, 0) is 20.2 Å². The van der Waals surface area contributed by atoms with E-state index < -0.39 is 7.60 Å². The van der Waals surface area contributed by atoms with Crippen molar-refractivity contribution < 1.29 is 13.6 Å². The van der Waals surface area contributed by atoms with E-state index >= 15 is 0 Å². The Labute approximate surface area is 140 Å². The highest BCUT2D eigenvalue weighted by Gasteiger charge is 2.42. The highest BCUT2D eigenvalue weighted by molar-refractivity contribution is 7.54. The first-order valence-corrected chi connectivity index (χ1v) is 10.3. The Morgan fingerprint density at radius 3 is 2.30 bits per heavy atom. The van der Waals surface area contributed by atoms with Crippen molar-refractivity contribution in [3.05, 3.63) is 35.4 Å². The van der Waals surface area contributed by atoms with Crippen LogP contribution < -0.4 is 0 Å². The highest BCUT2D eigenvalue weighted by Crippen LogP contribution is 2.57. The molecule has 1 unspecified atom stereocenters. The molecule has 2 rings (SSSR count). The van der Waals surface area contributed by atoms with Crippen molar-refractivity contribution in [1.29, 1.82) is 0 Å². The Kier molecular flexibility index (Phi) is 6.84. The molecule has 0 bridgehead atoms. The number of nitrogens with zero attached hydrogens (tertiary/aromatic N) is 1. The number of hydrogen-bond donors (Lipinski definition) is 0. The lowest BCUT2D eigenvalue weighted by Crippen LogP contribution is -2.30. The monoisotopic (exact) mass is 339 g/mol. The van der Waals surface area contributed by atoms with Gasteiger partial charge in [0.2, 0.25) is 0 Å². The van der Waals surface area contributed by atoms with Gasteiger partial charge in [-0.05, 0) is 50.3 Å². The Bertz CT molecular complexity index is 520. The second-order valence-electron chi connectivity index (χ2n) is 6.36. The van der Waals surface area contributed by atoms with Crippen LogP contribution in [0.5, 0.6) is 0 Å². The van der Waals surface area contributed by atoms with Crippen LogP contribution in [0.4, 0.5) is 0 Å². The van der Waals surface area contributed by atoms with Crippen LogP contribution in [0, 0.1) is 0 Å². The summed E-state index contributed by atoms with van der Waals surface area (Å²) in [6, 6.07) is 8.74. The summed E-state index contributed by atoms with van der Waals surface area (Å²) in [4.78, 5) is 2.26. The second kappa shape index (κ2) is 8.43. The summed E-state index contributed by atoms with van der Waals surface area (Å²) in [7, 11) is -3.06. The van der Waals surface area contributed by atoms with Crippen LogP contribution in [0.25, 0.3) is 0 Å². The van der Waals surface area contributed by atoms with Crippen molar-refractivity contribution in [2.24, 2.45) is 0 Å². The summed E-state index contributed by atoms with van der Waals surface area (Å²) in [6.07, 6.45) is 1.92. The molecule has 0 saturated carbocycles. The van der Waals surface area contributed by atoms with Crippen LogP contribution in [0.1, 0.15) is 57.6 Å². The summed E-state index contributed by atoms with van der Waals surface area (Å²) in [5.74, 6) is 0.423. The van der Waals surface area contributed by atoms with Crippen LogP contribution in [0.3, 0.4) is 0 Å². The smallest absolute Gasteiger partial charge is 0.308 e. The van der Waals surface area contributed by atoms with E-state index in [2.05, 4.69) is 43.0 Å². The average Bonchev–Trinajstić information content (AvgIpc) is 2.97. The van der Waals surface area contributed by atoms with Gasteiger partial charge in [0.05, 0.1) is 13.2 Å². The summed E-state index contributed by atoms with van der Waals surface area (Å²) in [5, 5.41) is 0. The number of hydrogen-bond acceptors (Lipinski definition) is 4. The van der Waals surface area contributed by atoms with Crippen molar-refractivity contribution in [3.63, 3.8) is 0 Å². The molecule has 23 heavy (non-hydrogen) atoms. The fourth-order valence-electron chi connectivity index (χ4n) is 3.16. The minimum atomic E-state index is -3.06. The zero-order valence-electron chi connectivity index (χ0n) is 14.8. The number of benzene rings is 1. The third-order valence-corrected chi connectivity index (χ3v) is 6.90. The fraction of sp³-hybridized carbons (Fsp3) is 0.667. The molecule has 0 aliphatic carbocycles. The van der Waals surface area contributed by atoms with Gasteiger partial charge < -0.3 is 9.05 Å². The fourth-order valence-corrected chi connectivity index (χ4v) is 5.40. The zero-order chi connectivity index (χ0) is 16.9. The molecule has 1 aromatic rings. The van der Waals surface area contributed by atoms with E-state index in [9.17, 15) is 4.57 Å². The van der Waals surface area contributed by atoms with Crippen molar-refractivity contribution in [3.8, 4) is 0 Å². The molecule has 0 aromatic heterocycles. The Hall–Kier alpha value is -0.670. The lowest BCUT2D eigenvalue weighted by atomic mass is 10.0. The zero-order valence-corrected chi connectivity index (χ0v) is 15.7. The first-order valence-electron chi connectivity index (χ1n) is 8.71. The predicted octanol–water partition coefficient (Wildman–Crippen LogP) is 5.00. The molecule has 130 valence electrons. The molecular formula is C18H30NO3P. The molecule has 5 heteroatoms. The lowest BCUT2D eigenvalue weighted by molar-refractivity contribution is 0.179. The molecule has 4 nitrogen and oxygen atoms in total. The standard InChI is InChI=1S/C18H30NO3P/c1-5-21-23(20,22-6-2)18-8-7-13-19(18)14-16-9-11-17(12-10-16)15(3)4/h9-12,15,18H,5-8,13-14H2,1-4H3. The van der Waals surface area contributed by atoms with E-state index in [1.807, 2.05) is 13.8 Å². The molecule has 0 radical (unpaired) electrons. The maximum Gasteiger partial charge on any atom is 0.347 e. The molecule has 0 amide bonds. The van der Waals surface area contributed by atoms with E-state index in [0.717, 1.165) is 25.9 Å². The minimum absolute atomic E-state index is 0.118. The average molecular weight is 339 g/mol. The van der Waals surface area contributed by atoms with E-state index in [0.29, 0.717) is 19.1 Å².